The summed E-state index contributed by atoms with van der Waals surface area (Å²) >= 11 is 0. The van der Waals surface area contributed by atoms with Crippen molar-refractivity contribution in [3.05, 3.63) is 24.3 Å². The highest BCUT2D eigenvalue weighted by Crippen LogP contribution is 2.38. The number of hydrogen-bond donors (Lipinski definition) is 2. The van der Waals surface area contributed by atoms with Crippen LogP contribution < -0.4 is 10.2 Å². The molecule has 0 fully saturated rings. The number of likely N-dealkylation sites (N-methyl/N-ethyl adjacent to an activating group) is 1. The fourth-order valence-corrected chi connectivity index (χ4v) is 6.87. The first-order valence-electron chi connectivity index (χ1n) is 21.7. The van der Waals surface area contributed by atoms with Gasteiger partial charge >= 0.3 is 0 Å². The second-order valence-corrected chi connectivity index (χ2v) is 17.5. The number of phosphoric acid groups is 1. The second-order valence-electron chi connectivity index (χ2n) is 16.0. The third-order valence-corrected chi connectivity index (χ3v) is 10.6. The van der Waals surface area contributed by atoms with E-state index in [1.54, 1.807) is 6.08 Å². The summed E-state index contributed by atoms with van der Waals surface area (Å²) in [5, 5.41) is 13.7. The number of carbonyl (C=O) groups excluding carboxylic acids is 1. The largest absolute Gasteiger partial charge is 0.756 e. The molecule has 0 radical (unpaired) electrons. The summed E-state index contributed by atoms with van der Waals surface area (Å²) in [6, 6.07) is -0.884. The Balaban J connectivity index is 4.43. The standard InChI is InChI=1S/C43H85N2O6P/c1-6-8-10-12-14-16-18-20-21-22-23-25-27-29-31-33-35-37-43(47)44-41(40-51-52(48,49)50-39-38-45(3,4)5)42(46)36-34-32-30-28-26-24-19-17-15-13-11-9-7-2/h20-21,34,36,41-42,46H,6-19,22-33,35,37-40H2,1-5H3,(H-,44,47,48,49)/b21-20-,36-34+/t41-,42+/m0/s1. The quantitative estimate of drug-likeness (QED) is 0.0280. The summed E-state index contributed by atoms with van der Waals surface area (Å²) in [4.78, 5) is 25.2. The Hall–Kier alpha value is -1.02. The van der Waals surface area contributed by atoms with Crippen molar-refractivity contribution in [3.63, 3.8) is 0 Å². The third-order valence-electron chi connectivity index (χ3n) is 9.66. The van der Waals surface area contributed by atoms with Crippen LogP contribution in [0.4, 0.5) is 0 Å². The number of hydrogen-bond acceptors (Lipinski definition) is 6. The fraction of sp³-hybridized carbons (Fsp3) is 0.884. The number of carbonyl (C=O) groups is 1. The van der Waals surface area contributed by atoms with E-state index < -0.39 is 20.0 Å². The number of phosphoric ester groups is 1. The van der Waals surface area contributed by atoms with E-state index in [0.29, 0.717) is 17.4 Å². The van der Waals surface area contributed by atoms with Gasteiger partial charge in [0, 0.05) is 6.42 Å². The van der Waals surface area contributed by atoms with E-state index in [2.05, 4.69) is 31.3 Å². The average molecular weight is 757 g/mol. The molecule has 0 aromatic carbocycles. The summed E-state index contributed by atoms with van der Waals surface area (Å²) in [7, 11) is 1.26. The Labute approximate surface area is 322 Å². The van der Waals surface area contributed by atoms with Gasteiger partial charge in [-0.25, -0.2) is 0 Å². The molecule has 52 heavy (non-hydrogen) atoms. The number of aliphatic hydroxyl groups is 1. The van der Waals surface area contributed by atoms with Crippen LogP contribution in [-0.2, 0) is 18.4 Å². The average Bonchev–Trinajstić information content (AvgIpc) is 3.09. The minimum atomic E-state index is -4.58. The van der Waals surface area contributed by atoms with Crippen LogP contribution in [-0.4, -0.2) is 68.5 Å². The topological polar surface area (TPSA) is 108 Å². The summed E-state index contributed by atoms with van der Waals surface area (Å²) in [5.41, 5.74) is 0. The fourth-order valence-electron chi connectivity index (χ4n) is 6.15. The Morgan fingerprint density at radius 2 is 1.06 bits per heavy atom. The monoisotopic (exact) mass is 757 g/mol. The smallest absolute Gasteiger partial charge is 0.268 e. The van der Waals surface area contributed by atoms with Crippen molar-refractivity contribution in [1.82, 2.24) is 5.32 Å². The van der Waals surface area contributed by atoms with Gasteiger partial charge < -0.3 is 28.8 Å². The van der Waals surface area contributed by atoms with Gasteiger partial charge in [-0.05, 0) is 44.9 Å². The number of rotatable bonds is 39. The van der Waals surface area contributed by atoms with Crippen molar-refractivity contribution >= 4 is 13.7 Å². The lowest BCUT2D eigenvalue weighted by molar-refractivity contribution is -0.870. The molecule has 0 bridgehead atoms. The van der Waals surface area contributed by atoms with Gasteiger partial charge in [-0.2, -0.15) is 0 Å². The van der Waals surface area contributed by atoms with Gasteiger partial charge in [0.15, 0.2) is 0 Å². The zero-order chi connectivity index (χ0) is 38.6. The maximum atomic E-state index is 12.8. The Morgan fingerprint density at radius 3 is 1.50 bits per heavy atom. The molecule has 2 N–H and O–H groups in total. The van der Waals surface area contributed by atoms with Crippen molar-refractivity contribution in [1.29, 1.82) is 0 Å². The van der Waals surface area contributed by atoms with Gasteiger partial charge in [0.1, 0.15) is 13.2 Å². The molecule has 9 heteroatoms. The Bertz CT molecular complexity index is 907. The highest BCUT2D eigenvalue weighted by molar-refractivity contribution is 7.45. The van der Waals surface area contributed by atoms with Gasteiger partial charge in [-0.15, -0.1) is 0 Å². The maximum Gasteiger partial charge on any atom is 0.268 e. The van der Waals surface area contributed by atoms with Crippen LogP contribution in [0.3, 0.4) is 0 Å². The molecule has 0 aliphatic heterocycles. The number of allylic oxidation sites excluding steroid dienone is 3. The van der Waals surface area contributed by atoms with E-state index >= 15 is 0 Å². The van der Waals surface area contributed by atoms with E-state index in [4.69, 9.17) is 9.05 Å². The van der Waals surface area contributed by atoms with Gasteiger partial charge in [-0.3, -0.25) is 9.36 Å². The van der Waals surface area contributed by atoms with Gasteiger partial charge in [-0.1, -0.05) is 167 Å². The highest BCUT2D eigenvalue weighted by Gasteiger charge is 2.23. The first-order chi connectivity index (χ1) is 25.0. The third kappa shape index (κ3) is 37.3. The molecular weight excluding hydrogens is 671 g/mol. The molecule has 1 amide bonds. The van der Waals surface area contributed by atoms with Crippen molar-refractivity contribution in [2.75, 3.05) is 40.9 Å². The lowest BCUT2D eigenvalue weighted by atomic mass is 10.0. The predicted molar refractivity (Wildman–Crippen MR) is 219 cm³/mol. The summed E-state index contributed by atoms with van der Waals surface area (Å²) in [5.74, 6) is -0.203. The SMILES string of the molecule is CCCCCCCC/C=C\CCCCCCCCCC(=O)N[C@@H](COP(=O)([O-])OCC[N+](C)(C)C)[C@H](O)/C=C/CCCCCCCCCCCCC. The maximum absolute atomic E-state index is 12.8. The minimum Gasteiger partial charge on any atom is -0.756 e. The number of amides is 1. The van der Waals surface area contributed by atoms with Crippen molar-refractivity contribution < 1.29 is 32.9 Å². The highest BCUT2D eigenvalue weighted by atomic mass is 31.2. The molecule has 3 atom stereocenters. The molecule has 0 aliphatic rings. The van der Waals surface area contributed by atoms with E-state index in [1.165, 1.54) is 135 Å². The van der Waals surface area contributed by atoms with Crippen LogP contribution in [0.5, 0.6) is 0 Å². The number of aliphatic hydroxyl groups excluding tert-OH is 1. The van der Waals surface area contributed by atoms with Crippen LogP contribution in [0, 0.1) is 0 Å². The van der Waals surface area contributed by atoms with Crippen LogP contribution >= 0.6 is 7.82 Å². The lowest BCUT2D eigenvalue weighted by Gasteiger charge is -2.29. The number of unbranched alkanes of at least 4 members (excludes halogenated alkanes) is 24. The van der Waals surface area contributed by atoms with E-state index in [-0.39, 0.29) is 19.1 Å². The molecule has 0 spiro atoms. The summed E-state index contributed by atoms with van der Waals surface area (Å²) in [6.45, 7) is 4.63. The minimum absolute atomic E-state index is 0.000917. The Morgan fingerprint density at radius 1 is 0.654 bits per heavy atom. The first kappa shape index (κ1) is 51.0. The summed E-state index contributed by atoms with van der Waals surface area (Å²) in [6.07, 6.45) is 40.7. The molecule has 0 saturated heterocycles. The second kappa shape index (κ2) is 35.7. The zero-order valence-electron chi connectivity index (χ0n) is 34.8. The van der Waals surface area contributed by atoms with Gasteiger partial charge in [0.05, 0.1) is 39.9 Å². The molecular formula is C43H85N2O6P. The molecule has 0 aromatic heterocycles. The van der Waals surface area contributed by atoms with E-state index in [1.807, 2.05) is 27.2 Å². The lowest BCUT2D eigenvalue weighted by Crippen LogP contribution is -2.45. The molecule has 308 valence electrons. The molecule has 1 unspecified atom stereocenters. The van der Waals surface area contributed by atoms with E-state index in [0.717, 1.165) is 38.5 Å². The number of quaternary nitrogens is 1. The molecule has 0 saturated carbocycles. The van der Waals surface area contributed by atoms with Gasteiger partial charge in [0.2, 0.25) is 5.91 Å². The van der Waals surface area contributed by atoms with Crippen molar-refractivity contribution in [2.24, 2.45) is 0 Å². The molecule has 0 heterocycles. The molecule has 8 nitrogen and oxygen atoms in total. The van der Waals surface area contributed by atoms with Crippen LogP contribution in [0.1, 0.15) is 194 Å². The molecule has 0 rings (SSSR count). The van der Waals surface area contributed by atoms with Crippen LogP contribution in [0.25, 0.3) is 0 Å². The molecule has 0 aromatic rings. The number of nitrogens with one attached hydrogen (secondary N) is 1. The van der Waals surface area contributed by atoms with Crippen molar-refractivity contribution in [3.8, 4) is 0 Å². The Kier molecular flexibility index (Phi) is 35.0. The molecule has 0 aliphatic carbocycles. The number of nitrogens with zero attached hydrogens (tertiary/aromatic N) is 1. The van der Waals surface area contributed by atoms with E-state index in [9.17, 15) is 19.4 Å². The zero-order valence-corrected chi connectivity index (χ0v) is 35.7. The first-order valence-corrected chi connectivity index (χ1v) is 23.2. The predicted octanol–water partition coefficient (Wildman–Crippen LogP) is 11.1. The van der Waals surface area contributed by atoms with Gasteiger partial charge in [0.25, 0.3) is 7.82 Å². The normalized spacial score (nSPS) is 14.7. The van der Waals surface area contributed by atoms with Crippen molar-refractivity contribution in [2.45, 2.75) is 206 Å². The van der Waals surface area contributed by atoms with Crippen LogP contribution in [0.2, 0.25) is 0 Å². The summed E-state index contributed by atoms with van der Waals surface area (Å²) < 4.78 is 23.2. The van der Waals surface area contributed by atoms with Crippen LogP contribution in [0.15, 0.2) is 24.3 Å².